The van der Waals surface area contributed by atoms with Gasteiger partial charge in [0.15, 0.2) is 5.82 Å². The van der Waals surface area contributed by atoms with Gasteiger partial charge >= 0.3 is 0 Å². The number of amides is 1. The van der Waals surface area contributed by atoms with Crippen molar-refractivity contribution in [2.75, 3.05) is 0 Å². The lowest BCUT2D eigenvalue weighted by Gasteiger charge is -2.13. The van der Waals surface area contributed by atoms with Crippen molar-refractivity contribution in [3.63, 3.8) is 0 Å². The molecule has 0 aliphatic heterocycles. The van der Waals surface area contributed by atoms with Gasteiger partial charge in [-0.25, -0.2) is 4.39 Å². The molecular formula is C12H13FN4O2. The lowest BCUT2D eigenvalue weighted by Crippen LogP contribution is -2.28. The number of phenolic OH excluding ortho intramolecular Hbond substituents is 1. The van der Waals surface area contributed by atoms with E-state index >= 15 is 0 Å². The number of carbonyl (C=O) groups is 1. The molecule has 0 aliphatic carbocycles. The van der Waals surface area contributed by atoms with Gasteiger partial charge < -0.3 is 15.0 Å². The summed E-state index contributed by atoms with van der Waals surface area (Å²) in [5.74, 6) is -0.930. The van der Waals surface area contributed by atoms with Crippen LogP contribution in [-0.4, -0.2) is 25.8 Å². The van der Waals surface area contributed by atoms with Crippen LogP contribution in [0.5, 0.6) is 5.75 Å². The summed E-state index contributed by atoms with van der Waals surface area (Å²) in [5, 5.41) is 19.8. The molecular weight excluding hydrogens is 251 g/mol. The molecule has 1 aromatic carbocycles. The number of hydrogen-bond acceptors (Lipinski definition) is 4. The molecule has 0 radical (unpaired) electrons. The van der Waals surface area contributed by atoms with Gasteiger partial charge in [0.05, 0.1) is 11.6 Å². The average molecular weight is 264 g/mol. The monoisotopic (exact) mass is 264 g/mol. The van der Waals surface area contributed by atoms with E-state index in [1.165, 1.54) is 12.4 Å². The molecule has 0 aliphatic rings. The highest BCUT2D eigenvalue weighted by Gasteiger charge is 2.17. The molecule has 0 saturated heterocycles. The Morgan fingerprint density at radius 2 is 2.26 bits per heavy atom. The number of phenols is 1. The van der Waals surface area contributed by atoms with Crippen LogP contribution < -0.4 is 5.32 Å². The fourth-order valence-corrected chi connectivity index (χ4v) is 1.72. The maximum absolute atomic E-state index is 12.8. The lowest BCUT2D eigenvalue weighted by atomic mass is 10.1. The van der Waals surface area contributed by atoms with Crippen LogP contribution >= 0.6 is 0 Å². The topological polar surface area (TPSA) is 80.0 Å². The van der Waals surface area contributed by atoms with E-state index in [-0.39, 0.29) is 11.6 Å². The molecule has 1 aromatic heterocycles. The van der Waals surface area contributed by atoms with Crippen molar-refractivity contribution < 1.29 is 14.3 Å². The van der Waals surface area contributed by atoms with E-state index in [0.717, 1.165) is 12.1 Å². The minimum absolute atomic E-state index is 0.00965. The third kappa shape index (κ3) is 2.70. The second kappa shape index (κ2) is 5.05. The first-order valence-corrected chi connectivity index (χ1v) is 5.62. The number of aryl methyl sites for hydroxylation is 1. The number of hydrogen-bond donors (Lipinski definition) is 2. The highest BCUT2D eigenvalue weighted by molar-refractivity contribution is 5.96. The molecule has 1 amide bonds. The van der Waals surface area contributed by atoms with Crippen LogP contribution in [0.2, 0.25) is 0 Å². The Hall–Kier alpha value is -2.44. The summed E-state index contributed by atoms with van der Waals surface area (Å²) in [5.41, 5.74) is 0.00965. The minimum Gasteiger partial charge on any atom is -0.507 e. The first-order chi connectivity index (χ1) is 8.99. The van der Waals surface area contributed by atoms with E-state index < -0.39 is 17.5 Å². The van der Waals surface area contributed by atoms with Gasteiger partial charge in [-0.3, -0.25) is 4.79 Å². The molecule has 7 heteroatoms. The summed E-state index contributed by atoms with van der Waals surface area (Å²) >= 11 is 0. The van der Waals surface area contributed by atoms with Gasteiger partial charge in [-0.2, -0.15) is 0 Å². The average Bonchev–Trinajstić information content (AvgIpc) is 2.75. The van der Waals surface area contributed by atoms with Gasteiger partial charge in [0.1, 0.15) is 17.9 Å². The molecule has 0 bridgehead atoms. The van der Waals surface area contributed by atoms with Crippen LogP contribution in [-0.2, 0) is 7.05 Å². The molecule has 19 heavy (non-hydrogen) atoms. The van der Waals surface area contributed by atoms with Gasteiger partial charge in [0.25, 0.3) is 5.91 Å². The first-order valence-electron chi connectivity index (χ1n) is 5.62. The van der Waals surface area contributed by atoms with Crippen molar-refractivity contribution in [1.82, 2.24) is 20.1 Å². The van der Waals surface area contributed by atoms with Crippen LogP contribution in [0.1, 0.15) is 29.1 Å². The van der Waals surface area contributed by atoms with E-state index in [2.05, 4.69) is 15.5 Å². The van der Waals surface area contributed by atoms with E-state index in [1.54, 1.807) is 18.5 Å². The highest BCUT2D eigenvalue weighted by Crippen LogP contribution is 2.19. The van der Waals surface area contributed by atoms with E-state index in [0.29, 0.717) is 5.82 Å². The highest BCUT2D eigenvalue weighted by atomic mass is 19.1. The van der Waals surface area contributed by atoms with Crippen molar-refractivity contribution >= 4 is 5.91 Å². The second-order valence-corrected chi connectivity index (χ2v) is 4.16. The Balaban J connectivity index is 2.15. The Kier molecular flexibility index (Phi) is 3.46. The van der Waals surface area contributed by atoms with Crippen LogP contribution in [0.4, 0.5) is 4.39 Å². The predicted molar refractivity (Wildman–Crippen MR) is 64.9 cm³/mol. The van der Waals surface area contributed by atoms with Crippen molar-refractivity contribution in [1.29, 1.82) is 0 Å². The molecule has 6 nitrogen and oxygen atoms in total. The lowest BCUT2D eigenvalue weighted by molar-refractivity contribution is 0.0935. The molecule has 0 saturated carbocycles. The van der Waals surface area contributed by atoms with Crippen molar-refractivity contribution in [2.24, 2.45) is 7.05 Å². The number of benzene rings is 1. The van der Waals surface area contributed by atoms with Gasteiger partial charge in [-0.15, -0.1) is 10.2 Å². The van der Waals surface area contributed by atoms with Crippen LogP contribution in [0.15, 0.2) is 24.5 Å². The molecule has 1 atom stereocenters. The number of nitrogens with one attached hydrogen (secondary N) is 1. The quantitative estimate of drug-likeness (QED) is 0.871. The van der Waals surface area contributed by atoms with Crippen molar-refractivity contribution in [3.05, 3.63) is 41.7 Å². The molecule has 1 unspecified atom stereocenters. The molecule has 1 heterocycles. The SMILES string of the molecule is CC(NC(=O)c1ccc(F)cc1O)c1nncn1C. The summed E-state index contributed by atoms with van der Waals surface area (Å²) in [4.78, 5) is 11.9. The minimum atomic E-state index is -0.601. The fraction of sp³-hybridized carbons (Fsp3) is 0.250. The van der Waals surface area contributed by atoms with Crippen molar-refractivity contribution in [3.8, 4) is 5.75 Å². The molecule has 0 fully saturated rings. The predicted octanol–water partition coefficient (Wildman–Crippen LogP) is 1.15. The van der Waals surface area contributed by atoms with E-state index in [4.69, 9.17) is 0 Å². The number of aromatic hydroxyl groups is 1. The summed E-state index contributed by atoms with van der Waals surface area (Å²) in [7, 11) is 1.76. The Morgan fingerprint density at radius 3 is 2.84 bits per heavy atom. The smallest absolute Gasteiger partial charge is 0.255 e. The Bertz CT molecular complexity index is 612. The summed E-state index contributed by atoms with van der Waals surface area (Å²) in [6, 6.07) is 2.84. The van der Waals surface area contributed by atoms with Crippen LogP contribution in [0, 0.1) is 5.82 Å². The summed E-state index contributed by atoms with van der Waals surface area (Å²) in [6.07, 6.45) is 1.52. The van der Waals surface area contributed by atoms with Gasteiger partial charge in [0.2, 0.25) is 0 Å². The number of rotatable bonds is 3. The second-order valence-electron chi connectivity index (χ2n) is 4.16. The molecule has 2 aromatic rings. The first kappa shape index (κ1) is 13.0. The van der Waals surface area contributed by atoms with Gasteiger partial charge in [-0.05, 0) is 19.1 Å². The zero-order valence-electron chi connectivity index (χ0n) is 10.5. The molecule has 2 N–H and O–H groups in total. The maximum atomic E-state index is 12.8. The fourth-order valence-electron chi connectivity index (χ4n) is 1.72. The van der Waals surface area contributed by atoms with E-state index in [1.807, 2.05) is 0 Å². The normalized spacial score (nSPS) is 12.2. The van der Waals surface area contributed by atoms with Gasteiger partial charge in [0, 0.05) is 13.1 Å². The zero-order chi connectivity index (χ0) is 14.0. The largest absolute Gasteiger partial charge is 0.507 e. The Morgan fingerprint density at radius 1 is 1.53 bits per heavy atom. The van der Waals surface area contributed by atoms with Gasteiger partial charge in [-0.1, -0.05) is 0 Å². The number of carbonyl (C=O) groups excluding carboxylic acids is 1. The summed E-state index contributed by atoms with van der Waals surface area (Å²) < 4.78 is 14.5. The number of nitrogens with zero attached hydrogens (tertiary/aromatic N) is 3. The third-order valence-corrected chi connectivity index (χ3v) is 2.69. The zero-order valence-corrected chi connectivity index (χ0v) is 10.5. The molecule has 0 spiro atoms. The van der Waals surface area contributed by atoms with Crippen molar-refractivity contribution in [2.45, 2.75) is 13.0 Å². The Labute approximate surface area is 108 Å². The molecule has 100 valence electrons. The number of halogens is 1. The maximum Gasteiger partial charge on any atom is 0.255 e. The van der Waals surface area contributed by atoms with E-state index in [9.17, 15) is 14.3 Å². The summed E-state index contributed by atoms with van der Waals surface area (Å²) in [6.45, 7) is 1.74. The van der Waals surface area contributed by atoms with Crippen LogP contribution in [0.25, 0.3) is 0 Å². The number of aromatic nitrogens is 3. The molecule has 2 rings (SSSR count). The third-order valence-electron chi connectivity index (χ3n) is 2.69. The van der Waals surface area contributed by atoms with Crippen LogP contribution in [0.3, 0.4) is 0 Å². The standard InChI is InChI=1S/C12H13FN4O2/c1-7(11-16-14-6-17(11)2)15-12(19)9-4-3-8(13)5-10(9)18/h3-7,18H,1-2H3,(H,15,19).